The minimum Gasteiger partial charge on any atom is -0.508 e. The van der Waals surface area contributed by atoms with E-state index in [1.165, 1.54) is 41.6 Å². The second-order valence-corrected chi connectivity index (χ2v) is 7.76. The van der Waals surface area contributed by atoms with Gasteiger partial charge in [-0.1, -0.05) is 12.1 Å². The van der Waals surface area contributed by atoms with Crippen LogP contribution < -0.4 is 10.1 Å². The molecule has 1 atom stereocenters. The topological polar surface area (TPSA) is 97.7 Å². The van der Waals surface area contributed by atoms with Crippen LogP contribution in [0.25, 0.3) is 10.9 Å². The predicted molar refractivity (Wildman–Crippen MR) is 112 cm³/mol. The Bertz CT molecular complexity index is 967. The normalized spacial score (nSPS) is 15.8. The number of phenols is 1. The van der Waals surface area contributed by atoms with Crippen molar-refractivity contribution in [2.45, 2.75) is 31.3 Å². The van der Waals surface area contributed by atoms with Crippen molar-refractivity contribution in [1.82, 2.24) is 10.3 Å². The van der Waals surface area contributed by atoms with Crippen LogP contribution in [-0.4, -0.2) is 46.6 Å². The first kappa shape index (κ1) is 19.8. The van der Waals surface area contributed by atoms with E-state index in [1.807, 2.05) is 12.1 Å². The number of aromatic hydroxyl groups is 1. The molecule has 0 saturated carbocycles. The van der Waals surface area contributed by atoms with Crippen LogP contribution in [0.1, 0.15) is 29.7 Å². The summed E-state index contributed by atoms with van der Waals surface area (Å²) in [4.78, 5) is 3.53. The third-order valence-electron chi connectivity index (χ3n) is 5.70. The smallest absolute Gasteiger partial charge is 0.125 e. The van der Waals surface area contributed by atoms with Gasteiger partial charge in [0, 0.05) is 35.8 Å². The van der Waals surface area contributed by atoms with Gasteiger partial charge in [-0.25, -0.2) is 0 Å². The minimum absolute atomic E-state index is 0.121. The number of rotatable bonds is 8. The Balaban J connectivity index is 1.30. The van der Waals surface area contributed by atoms with Crippen molar-refractivity contribution in [1.29, 1.82) is 0 Å². The van der Waals surface area contributed by atoms with Crippen LogP contribution in [-0.2, 0) is 18.4 Å². The van der Waals surface area contributed by atoms with Gasteiger partial charge in [0.25, 0.3) is 0 Å². The maximum Gasteiger partial charge on any atom is 0.125 e. The lowest BCUT2D eigenvalue weighted by Gasteiger charge is -2.27. The number of aliphatic hydroxyl groups is 2. The first-order valence-electron chi connectivity index (χ1n) is 10.2. The summed E-state index contributed by atoms with van der Waals surface area (Å²) in [6, 6.07) is 12.4. The number of benzene rings is 2. The summed E-state index contributed by atoms with van der Waals surface area (Å²) in [6.07, 6.45) is 4.78. The quantitative estimate of drug-likeness (QED) is 0.377. The van der Waals surface area contributed by atoms with E-state index < -0.39 is 12.2 Å². The number of phenolic OH excluding ortho intramolecular Hbond substituents is 1. The summed E-state index contributed by atoms with van der Waals surface area (Å²) in [6.45, 7) is 0.739. The largest absolute Gasteiger partial charge is 0.508 e. The first-order valence-corrected chi connectivity index (χ1v) is 10.2. The molecule has 5 N–H and O–H groups in total. The van der Waals surface area contributed by atoms with Gasteiger partial charge in [0.05, 0.1) is 6.61 Å². The lowest BCUT2D eigenvalue weighted by atomic mass is 9.94. The van der Waals surface area contributed by atoms with Gasteiger partial charge in [-0.15, -0.1) is 0 Å². The zero-order valence-electron chi connectivity index (χ0n) is 16.4. The molecule has 4 rings (SSSR count). The monoisotopic (exact) mass is 396 g/mol. The molecule has 1 aliphatic carbocycles. The molecule has 2 aromatic carbocycles. The Hall–Kier alpha value is -2.54. The molecule has 0 aliphatic heterocycles. The second kappa shape index (κ2) is 8.45. The van der Waals surface area contributed by atoms with E-state index in [9.17, 15) is 15.3 Å². The number of ether oxygens (including phenoxy) is 1. The molecule has 1 heterocycles. The highest BCUT2D eigenvalue weighted by atomic mass is 16.5. The molecule has 1 aliphatic rings. The van der Waals surface area contributed by atoms with Crippen LogP contribution >= 0.6 is 0 Å². The summed E-state index contributed by atoms with van der Waals surface area (Å²) in [5.41, 5.74) is 3.09. The molecule has 0 amide bonds. The molecule has 0 bridgehead atoms. The fraction of sp³-hybridized carbons (Fsp3) is 0.391. The number of aromatic amines is 1. The van der Waals surface area contributed by atoms with E-state index in [-0.39, 0.29) is 12.3 Å². The van der Waals surface area contributed by atoms with Crippen LogP contribution in [0.2, 0.25) is 0 Å². The zero-order chi connectivity index (χ0) is 20.3. The van der Waals surface area contributed by atoms with Crippen LogP contribution in [0, 0.1) is 0 Å². The van der Waals surface area contributed by atoms with Gasteiger partial charge in [-0.2, -0.15) is 0 Å². The molecule has 0 spiro atoms. The van der Waals surface area contributed by atoms with E-state index >= 15 is 0 Å². The highest BCUT2D eigenvalue weighted by molar-refractivity contribution is 5.86. The maximum absolute atomic E-state index is 10.7. The Morgan fingerprint density at radius 1 is 1.07 bits per heavy atom. The number of fused-ring (bicyclic) bond motifs is 3. The summed E-state index contributed by atoms with van der Waals surface area (Å²) >= 11 is 0. The molecule has 29 heavy (non-hydrogen) atoms. The van der Waals surface area contributed by atoms with Gasteiger partial charge < -0.3 is 30.4 Å². The van der Waals surface area contributed by atoms with E-state index in [0.29, 0.717) is 18.7 Å². The predicted octanol–water partition coefficient (Wildman–Crippen LogP) is 2.60. The van der Waals surface area contributed by atoms with Crippen LogP contribution in [0.3, 0.4) is 0 Å². The summed E-state index contributed by atoms with van der Waals surface area (Å²) in [5, 5.41) is 34.1. The standard InChI is InChI=1S/C23H28N2O4/c26-15-23(28,16-5-7-17(27)8-6-16)14-24-11-12-29-18-9-10-20-19-3-1-2-4-21(19)25-22(20)13-18/h5-10,13,24-28H,1-4,11-12,14-15H2. The molecular formula is C23H28N2O4. The van der Waals surface area contributed by atoms with E-state index in [4.69, 9.17) is 4.74 Å². The molecule has 1 aromatic heterocycles. The number of nitrogens with one attached hydrogen (secondary N) is 2. The van der Waals surface area contributed by atoms with Crippen LogP contribution in [0.15, 0.2) is 42.5 Å². The number of H-pyrrole nitrogens is 1. The van der Waals surface area contributed by atoms with Gasteiger partial charge in [0.15, 0.2) is 0 Å². The van der Waals surface area contributed by atoms with E-state index in [1.54, 1.807) is 12.1 Å². The molecule has 0 fully saturated rings. The lowest BCUT2D eigenvalue weighted by Crippen LogP contribution is -2.42. The Morgan fingerprint density at radius 3 is 2.66 bits per heavy atom. The molecule has 0 radical (unpaired) electrons. The highest BCUT2D eigenvalue weighted by Gasteiger charge is 2.28. The van der Waals surface area contributed by atoms with Crippen molar-refractivity contribution < 1.29 is 20.1 Å². The van der Waals surface area contributed by atoms with Crippen molar-refractivity contribution in [3.05, 3.63) is 59.3 Å². The average Bonchev–Trinajstić information content (AvgIpc) is 3.11. The number of aliphatic hydroxyl groups excluding tert-OH is 1. The van der Waals surface area contributed by atoms with Gasteiger partial charge in [-0.3, -0.25) is 0 Å². The fourth-order valence-corrected chi connectivity index (χ4v) is 4.04. The molecule has 1 unspecified atom stereocenters. The van der Waals surface area contributed by atoms with Gasteiger partial charge in [-0.05, 0) is 61.1 Å². The summed E-state index contributed by atoms with van der Waals surface area (Å²) < 4.78 is 5.86. The van der Waals surface area contributed by atoms with E-state index in [2.05, 4.69) is 16.4 Å². The summed E-state index contributed by atoms with van der Waals surface area (Å²) in [7, 11) is 0. The number of hydrogen-bond acceptors (Lipinski definition) is 5. The Morgan fingerprint density at radius 2 is 1.86 bits per heavy atom. The van der Waals surface area contributed by atoms with Crippen molar-refractivity contribution in [2.24, 2.45) is 0 Å². The van der Waals surface area contributed by atoms with Crippen molar-refractivity contribution in [2.75, 3.05) is 26.3 Å². The molecule has 6 heteroatoms. The van der Waals surface area contributed by atoms with Crippen LogP contribution in [0.4, 0.5) is 0 Å². The second-order valence-electron chi connectivity index (χ2n) is 7.76. The molecule has 6 nitrogen and oxygen atoms in total. The number of aryl methyl sites for hydroxylation is 2. The van der Waals surface area contributed by atoms with Crippen LogP contribution in [0.5, 0.6) is 11.5 Å². The Kier molecular flexibility index (Phi) is 5.76. The fourth-order valence-electron chi connectivity index (χ4n) is 4.04. The number of aromatic nitrogens is 1. The third kappa shape index (κ3) is 4.24. The van der Waals surface area contributed by atoms with E-state index in [0.717, 1.165) is 24.1 Å². The van der Waals surface area contributed by atoms with Gasteiger partial charge >= 0.3 is 0 Å². The Labute approximate surface area is 170 Å². The van der Waals surface area contributed by atoms with Gasteiger partial charge in [0.1, 0.15) is 23.7 Å². The van der Waals surface area contributed by atoms with Crippen molar-refractivity contribution in [3.8, 4) is 11.5 Å². The molecule has 154 valence electrons. The molecule has 0 saturated heterocycles. The summed E-state index contributed by atoms with van der Waals surface area (Å²) in [5.74, 6) is 0.934. The SMILES string of the molecule is OCC(O)(CNCCOc1ccc2c3c([nH]c2c1)CCCC3)c1ccc(O)cc1. The first-order chi connectivity index (χ1) is 14.1. The molecular weight excluding hydrogens is 368 g/mol. The van der Waals surface area contributed by atoms with Gasteiger partial charge in [0.2, 0.25) is 0 Å². The highest BCUT2D eigenvalue weighted by Crippen LogP contribution is 2.31. The zero-order valence-corrected chi connectivity index (χ0v) is 16.4. The van der Waals surface area contributed by atoms with Crippen molar-refractivity contribution in [3.63, 3.8) is 0 Å². The average molecular weight is 396 g/mol. The maximum atomic E-state index is 10.7. The lowest BCUT2D eigenvalue weighted by molar-refractivity contribution is -0.0182. The number of hydrogen-bond donors (Lipinski definition) is 5. The third-order valence-corrected chi connectivity index (χ3v) is 5.70. The van der Waals surface area contributed by atoms with Crippen molar-refractivity contribution >= 4 is 10.9 Å². The minimum atomic E-state index is -1.41. The molecule has 3 aromatic rings.